The summed E-state index contributed by atoms with van der Waals surface area (Å²) in [4.78, 5) is 35.0. The number of esters is 1. The van der Waals surface area contributed by atoms with Crippen LogP contribution in [0.2, 0.25) is 0 Å². The third-order valence-corrected chi connectivity index (χ3v) is 2.57. The van der Waals surface area contributed by atoms with Gasteiger partial charge in [0.1, 0.15) is 6.54 Å². The van der Waals surface area contributed by atoms with Crippen LogP contribution in [0.5, 0.6) is 0 Å². The number of carboxylic acid groups (broad SMARTS) is 1. The van der Waals surface area contributed by atoms with Crippen molar-refractivity contribution >= 4 is 17.8 Å². The molecule has 0 aliphatic rings. The molecule has 2 N–H and O–H groups in total. The lowest BCUT2D eigenvalue weighted by Gasteiger charge is -2.20. The summed E-state index contributed by atoms with van der Waals surface area (Å²) in [6.45, 7) is 4.94. The Bertz CT molecular complexity index is 320. The number of nitrogens with one attached hydrogen (secondary N) is 1. The number of aliphatic carboxylic acids is 1. The Morgan fingerprint density at radius 3 is 2.45 bits per heavy atom. The fraction of sp³-hybridized carbons (Fsp3) is 0.769. The van der Waals surface area contributed by atoms with Crippen LogP contribution >= 0.6 is 0 Å². The van der Waals surface area contributed by atoms with Crippen LogP contribution in [0.15, 0.2) is 0 Å². The summed E-state index contributed by atoms with van der Waals surface area (Å²) in [5, 5.41) is 10.8. The first-order valence-electron chi connectivity index (χ1n) is 6.86. The van der Waals surface area contributed by atoms with E-state index in [0.29, 0.717) is 19.7 Å². The first-order chi connectivity index (χ1) is 9.49. The first-order valence-corrected chi connectivity index (χ1v) is 6.86. The molecule has 116 valence electrons. The average molecular weight is 288 g/mol. The molecule has 7 heteroatoms. The Labute approximate surface area is 119 Å². The van der Waals surface area contributed by atoms with Crippen molar-refractivity contribution in [1.82, 2.24) is 10.2 Å². The Balaban J connectivity index is 4.15. The highest BCUT2D eigenvalue weighted by atomic mass is 16.5. The van der Waals surface area contributed by atoms with Gasteiger partial charge in [0, 0.05) is 6.54 Å². The van der Waals surface area contributed by atoms with Crippen molar-refractivity contribution in [2.45, 2.75) is 33.1 Å². The van der Waals surface area contributed by atoms with E-state index in [-0.39, 0.29) is 24.8 Å². The molecule has 0 spiro atoms. The zero-order valence-electron chi connectivity index (χ0n) is 12.2. The minimum atomic E-state index is -1.08. The van der Waals surface area contributed by atoms with Crippen molar-refractivity contribution in [3.63, 3.8) is 0 Å². The second-order valence-corrected chi connectivity index (χ2v) is 4.36. The maximum Gasteiger partial charge on any atom is 0.322 e. The van der Waals surface area contributed by atoms with Crippen molar-refractivity contribution in [2.24, 2.45) is 0 Å². The van der Waals surface area contributed by atoms with Crippen LogP contribution < -0.4 is 5.32 Å². The lowest BCUT2D eigenvalue weighted by Crippen LogP contribution is -2.40. The normalized spacial score (nSPS) is 10.3. The minimum absolute atomic E-state index is 0.0900. The van der Waals surface area contributed by atoms with Crippen molar-refractivity contribution < 1.29 is 24.2 Å². The zero-order valence-corrected chi connectivity index (χ0v) is 12.2. The monoisotopic (exact) mass is 288 g/mol. The van der Waals surface area contributed by atoms with E-state index in [4.69, 9.17) is 9.84 Å². The van der Waals surface area contributed by atoms with E-state index >= 15 is 0 Å². The molecule has 0 atom stereocenters. The first kappa shape index (κ1) is 18.4. The summed E-state index contributed by atoms with van der Waals surface area (Å²) in [6.07, 6.45) is 2.12. The number of hydrogen-bond acceptors (Lipinski definition) is 5. The number of hydrogen-bond donors (Lipinski definition) is 2. The maximum atomic E-state index is 11.6. The maximum absolute atomic E-state index is 11.6. The SMILES string of the molecule is CCCCN(CCC(=O)OCC)CC(=O)NCC(=O)O. The van der Waals surface area contributed by atoms with Gasteiger partial charge in [0.05, 0.1) is 19.6 Å². The molecule has 0 aromatic rings. The second-order valence-electron chi connectivity index (χ2n) is 4.36. The van der Waals surface area contributed by atoms with Crippen LogP contribution in [0, 0.1) is 0 Å². The molecule has 0 rings (SSSR count). The smallest absolute Gasteiger partial charge is 0.322 e. The average Bonchev–Trinajstić information content (AvgIpc) is 2.39. The van der Waals surface area contributed by atoms with Crippen molar-refractivity contribution in [3.05, 3.63) is 0 Å². The molecule has 0 bridgehead atoms. The molecule has 0 aromatic carbocycles. The van der Waals surface area contributed by atoms with E-state index in [1.54, 1.807) is 6.92 Å². The van der Waals surface area contributed by atoms with E-state index < -0.39 is 12.5 Å². The predicted molar refractivity (Wildman–Crippen MR) is 73.2 cm³/mol. The summed E-state index contributed by atoms with van der Waals surface area (Å²) in [5.74, 6) is -1.72. The summed E-state index contributed by atoms with van der Waals surface area (Å²) in [5.41, 5.74) is 0. The molecule has 0 saturated heterocycles. The Hall–Kier alpha value is -1.63. The summed E-state index contributed by atoms with van der Waals surface area (Å²) in [7, 11) is 0. The van der Waals surface area contributed by atoms with Gasteiger partial charge in [-0.1, -0.05) is 13.3 Å². The van der Waals surface area contributed by atoms with E-state index in [1.165, 1.54) is 0 Å². The van der Waals surface area contributed by atoms with E-state index in [2.05, 4.69) is 5.32 Å². The van der Waals surface area contributed by atoms with Crippen LogP contribution in [0.1, 0.15) is 33.1 Å². The van der Waals surface area contributed by atoms with Gasteiger partial charge in [-0.05, 0) is 19.9 Å². The van der Waals surface area contributed by atoms with Crippen LogP contribution in [0.3, 0.4) is 0 Å². The molecule has 0 aliphatic heterocycles. The second kappa shape index (κ2) is 11.2. The zero-order chi connectivity index (χ0) is 15.4. The highest BCUT2D eigenvalue weighted by Crippen LogP contribution is 1.98. The van der Waals surface area contributed by atoms with Crippen molar-refractivity contribution in [2.75, 3.05) is 32.8 Å². The molecule has 0 fully saturated rings. The van der Waals surface area contributed by atoms with E-state index in [1.807, 2.05) is 11.8 Å². The Kier molecular flexibility index (Phi) is 10.3. The van der Waals surface area contributed by atoms with Gasteiger partial charge in [0.15, 0.2) is 0 Å². The lowest BCUT2D eigenvalue weighted by atomic mass is 10.3. The number of carboxylic acids is 1. The fourth-order valence-corrected chi connectivity index (χ4v) is 1.57. The van der Waals surface area contributed by atoms with Gasteiger partial charge >= 0.3 is 11.9 Å². The fourth-order valence-electron chi connectivity index (χ4n) is 1.57. The molecule has 7 nitrogen and oxygen atoms in total. The van der Waals surface area contributed by atoms with Gasteiger partial charge in [-0.15, -0.1) is 0 Å². The molecule has 0 heterocycles. The van der Waals surface area contributed by atoms with Gasteiger partial charge in [0.25, 0.3) is 0 Å². The van der Waals surface area contributed by atoms with Gasteiger partial charge in [-0.3, -0.25) is 19.3 Å². The molecule has 0 aromatic heterocycles. The Morgan fingerprint density at radius 1 is 1.20 bits per heavy atom. The largest absolute Gasteiger partial charge is 0.480 e. The number of ether oxygens (including phenoxy) is 1. The lowest BCUT2D eigenvalue weighted by molar-refractivity contribution is -0.143. The number of amides is 1. The molecule has 0 aliphatic carbocycles. The van der Waals surface area contributed by atoms with E-state index in [0.717, 1.165) is 12.8 Å². The highest BCUT2D eigenvalue weighted by Gasteiger charge is 2.13. The third kappa shape index (κ3) is 10.3. The molecular weight excluding hydrogens is 264 g/mol. The van der Waals surface area contributed by atoms with Crippen LogP contribution in [-0.2, 0) is 19.1 Å². The number of carbonyl (C=O) groups is 3. The number of unbranched alkanes of at least 4 members (excludes halogenated alkanes) is 1. The summed E-state index contributed by atoms with van der Waals surface area (Å²) in [6, 6.07) is 0. The quantitative estimate of drug-likeness (QED) is 0.529. The predicted octanol–water partition coefficient (Wildman–Crippen LogP) is 0.243. The topological polar surface area (TPSA) is 95.9 Å². The number of rotatable bonds is 11. The van der Waals surface area contributed by atoms with Gasteiger partial charge in [0.2, 0.25) is 5.91 Å². The summed E-state index contributed by atoms with van der Waals surface area (Å²) >= 11 is 0. The molecule has 0 unspecified atom stereocenters. The van der Waals surface area contributed by atoms with Gasteiger partial charge < -0.3 is 15.2 Å². The standard InChI is InChI=1S/C13H24N2O5/c1-3-5-7-15(8-6-13(19)20-4-2)10-11(16)14-9-12(17)18/h3-10H2,1-2H3,(H,14,16)(H,17,18). The number of carbonyl (C=O) groups excluding carboxylic acids is 2. The molecule has 20 heavy (non-hydrogen) atoms. The highest BCUT2D eigenvalue weighted by molar-refractivity contribution is 5.82. The van der Waals surface area contributed by atoms with E-state index in [9.17, 15) is 14.4 Å². The van der Waals surface area contributed by atoms with Crippen molar-refractivity contribution in [3.8, 4) is 0 Å². The molecule has 0 saturated carbocycles. The van der Waals surface area contributed by atoms with Crippen molar-refractivity contribution in [1.29, 1.82) is 0 Å². The molecular formula is C13H24N2O5. The van der Waals surface area contributed by atoms with Gasteiger partial charge in [-0.2, -0.15) is 0 Å². The van der Waals surface area contributed by atoms with Crippen LogP contribution in [0.25, 0.3) is 0 Å². The molecule has 0 radical (unpaired) electrons. The minimum Gasteiger partial charge on any atom is -0.480 e. The summed E-state index contributed by atoms with van der Waals surface area (Å²) < 4.78 is 4.84. The van der Waals surface area contributed by atoms with Gasteiger partial charge in [-0.25, -0.2) is 0 Å². The molecule has 1 amide bonds. The van der Waals surface area contributed by atoms with Crippen LogP contribution in [-0.4, -0.2) is 60.6 Å². The third-order valence-electron chi connectivity index (χ3n) is 2.57. The van der Waals surface area contributed by atoms with Crippen LogP contribution in [0.4, 0.5) is 0 Å². The Morgan fingerprint density at radius 2 is 1.90 bits per heavy atom. The number of nitrogens with zero attached hydrogens (tertiary/aromatic N) is 1.